The Kier molecular flexibility index (Phi) is 4.52. The summed E-state index contributed by atoms with van der Waals surface area (Å²) in [5, 5.41) is 3.36. The Balaban J connectivity index is 2.40. The number of nitrogens with one attached hydrogen (secondary N) is 2. The monoisotopic (exact) mass is 209 g/mol. The van der Waals surface area contributed by atoms with E-state index in [4.69, 9.17) is 0 Å². The predicted octanol–water partition coefficient (Wildman–Crippen LogP) is 0.415. The first-order valence-electron chi connectivity index (χ1n) is 5.13. The number of nitrogens with zero attached hydrogens (tertiary/aromatic N) is 1. The van der Waals surface area contributed by atoms with Crippen LogP contribution in [-0.2, 0) is 6.54 Å². The Morgan fingerprint density at radius 1 is 1.53 bits per heavy atom. The Morgan fingerprint density at radius 3 is 2.87 bits per heavy atom. The Hall–Kier alpha value is -1.13. The number of aromatic amines is 1. The second kappa shape index (κ2) is 5.68. The smallest absolute Gasteiger partial charge is 0.248 e. The number of hydrogen-bond donors (Lipinski definition) is 2. The van der Waals surface area contributed by atoms with Gasteiger partial charge in [-0.2, -0.15) is 0 Å². The van der Waals surface area contributed by atoms with Gasteiger partial charge in [-0.15, -0.1) is 0 Å². The quantitative estimate of drug-likeness (QED) is 0.738. The molecule has 0 amide bonds. The van der Waals surface area contributed by atoms with Gasteiger partial charge in [0.1, 0.15) is 0 Å². The Bertz CT molecular complexity index is 346. The molecule has 1 heterocycles. The van der Waals surface area contributed by atoms with Gasteiger partial charge in [0, 0.05) is 31.4 Å². The van der Waals surface area contributed by atoms with Crippen LogP contribution in [0, 0.1) is 0 Å². The van der Waals surface area contributed by atoms with Crippen molar-refractivity contribution >= 4 is 0 Å². The lowest BCUT2D eigenvalue weighted by Crippen LogP contribution is -2.35. The van der Waals surface area contributed by atoms with Gasteiger partial charge in [-0.05, 0) is 32.6 Å². The summed E-state index contributed by atoms with van der Waals surface area (Å²) in [6.07, 6.45) is 1.68. The molecule has 0 radical (unpaired) electrons. The van der Waals surface area contributed by atoms with Crippen molar-refractivity contribution in [2.45, 2.75) is 19.5 Å². The van der Waals surface area contributed by atoms with Crippen molar-refractivity contribution in [2.24, 2.45) is 0 Å². The van der Waals surface area contributed by atoms with E-state index >= 15 is 0 Å². The van der Waals surface area contributed by atoms with Gasteiger partial charge in [0.15, 0.2) is 0 Å². The third-order valence-corrected chi connectivity index (χ3v) is 2.13. The molecule has 15 heavy (non-hydrogen) atoms. The molecule has 1 rings (SSSR count). The van der Waals surface area contributed by atoms with E-state index < -0.39 is 0 Å². The molecule has 0 spiro atoms. The van der Waals surface area contributed by atoms with Crippen molar-refractivity contribution in [1.29, 1.82) is 0 Å². The zero-order chi connectivity index (χ0) is 11.3. The number of pyridine rings is 1. The van der Waals surface area contributed by atoms with Crippen LogP contribution in [0.1, 0.15) is 12.5 Å². The van der Waals surface area contributed by atoms with Crippen LogP contribution in [-0.4, -0.2) is 36.6 Å². The van der Waals surface area contributed by atoms with Crippen LogP contribution < -0.4 is 10.9 Å². The summed E-state index contributed by atoms with van der Waals surface area (Å²) in [5.41, 5.74) is 0.971. The highest BCUT2D eigenvalue weighted by Gasteiger charge is 2.02. The van der Waals surface area contributed by atoms with E-state index in [0.717, 1.165) is 18.7 Å². The Labute approximate surface area is 90.3 Å². The van der Waals surface area contributed by atoms with E-state index in [-0.39, 0.29) is 5.56 Å². The molecule has 4 nitrogen and oxygen atoms in total. The van der Waals surface area contributed by atoms with Crippen LogP contribution >= 0.6 is 0 Å². The molecular formula is C11H19N3O. The van der Waals surface area contributed by atoms with Crippen molar-refractivity contribution in [3.8, 4) is 0 Å². The zero-order valence-electron chi connectivity index (χ0n) is 9.58. The van der Waals surface area contributed by atoms with Gasteiger partial charge in [0.05, 0.1) is 0 Å². The first-order chi connectivity index (χ1) is 7.08. The highest BCUT2D eigenvalue weighted by Crippen LogP contribution is 1.94. The standard InChI is InChI=1S/C11H19N3O/c1-9(8-14(2)3)13-7-10-4-5-12-11(15)6-10/h4-6,9,13H,7-8H2,1-3H3,(H,12,15). The normalized spacial score (nSPS) is 13.1. The van der Waals surface area contributed by atoms with Gasteiger partial charge in [0.25, 0.3) is 0 Å². The summed E-state index contributed by atoms with van der Waals surface area (Å²) in [6, 6.07) is 3.95. The van der Waals surface area contributed by atoms with Crippen LogP contribution in [0.25, 0.3) is 0 Å². The lowest BCUT2D eigenvalue weighted by molar-refractivity contribution is 0.349. The SMILES string of the molecule is CC(CN(C)C)NCc1cc[nH]c(=O)c1. The van der Waals surface area contributed by atoms with E-state index in [2.05, 4.69) is 22.1 Å². The average Bonchev–Trinajstić information content (AvgIpc) is 2.14. The fourth-order valence-electron chi connectivity index (χ4n) is 1.50. The molecule has 1 aromatic heterocycles. The summed E-state index contributed by atoms with van der Waals surface area (Å²) in [6.45, 7) is 3.86. The van der Waals surface area contributed by atoms with E-state index in [1.165, 1.54) is 0 Å². The summed E-state index contributed by atoms with van der Waals surface area (Å²) >= 11 is 0. The molecule has 1 unspecified atom stereocenters. The summed E-state index contributed by atoms with van der Waals surface area (Å²) < 4.78 is 0. The number of aromatic nitrogens is 1. The van der Waals surface area contributed by atoms with Crippen LogP contribution in [0.2, 0.25) is 0 Å². The van der Waals surface area contributed by atoms with Crippen molar-refractivity contribution in [3.63, 3.8) is 0 Å². The van der Waals surface area contributed by atoms with Gasteiger partial charge in [-0.25, -0.2) is 0 Å². The zero-order valence-corrected chi connectivity index (χ0v) is 9.58. The van der Waals surface area contributed by atoms with Crippen LogP contribution in [0.4, 0.5) is 0 Å². The molecule has 0 aliphatic carbocycles. The molecule has 4 heteroatoms. The molecule has 84 valence electrons. The van der Waals surface area contributed by atoms with E-state index in [9.17, 15) is 4.79 Å². The largest absolute Gasteiger partial charge is 0.329 e. The average molecular weight is 209 g/mol. The fraction of sp³-hybridized carbons (Fsp3) is 0.545. The number of likely N-dealkylation sites (N-methyl/N-ethyl adjacent to an activating group) is 1. The van der Waals surface area contributed by atoms with Crippen molar-refractivity contribution < 1.29 is 0 Å². The minimum Gasteiger partial charge on any atom is -0.329 e. The van der Waals surface area contributed by atoms with Crippen LogP contribution in [0.15, 0.2) is 23.1 Å². The maximum Gasteiger partial charge on any atom is 0.248 e. The lowest BCUT2D eigenvalue weighted by atomic mass is 10.2. The molecule has 0 aromatic carbocycles. The fourth-order valence-corrected chi connectivity index (χ4v) is 1.50. The number of rotatable bonds is 5. The molecule has 0 aliphatic heterocycles. The molecule has 0 saturated carbocycles. The van der Waals surface area contributed by atoms with Gasteiger partial charge in [0.2, 0.25) is 5.56 Å². The molecule has 0 saturated heterocycles. The molecule has 2 N–H and O–H groups in total. The Morgan fingerprint density at radius 2 is 2.27 bits per heavy atom. The highest BCUT2D eigenvalue weighted by molar-refractivity contribution is 5.09. The van der Waals surface area contributed by atoms with Crippen LogP contribution in [0.3, 0.4) is 0 Å². The summed E-state index contributed by atoms with van der Waals surface area (Å²) in [7, 11) is 4.09. The third kappa shape index (κ3) is 4.76. The van der Waals surface area contributed by atoms with E-state index in [1.54, 1.807) is 12.3 Å². The molecular weight excluding hydrogens is 190 g/mol. The van der Waals surface area contributed by atoms with Crippen molar-refractivity contribution in [1.82, 2.24) is 15.2 Å². The van der Waals surface area contributed by atoms with Gasteiger partial charge < -0.3 is 15.2 Å². The first-order valence-corrected chi connectivity index (χ1v) is 5.13. The van der Waals surface area contributed by atoms with Crippen LogP contribution in [0.5, 0.6) is 0 Å². The predicted molar refractivity (Wildman–Crippen MR) is 61.9 cm³/mol. The lowest BCUT2D eigenvalue weighted by Gasteiger charge is -2.18. The second-order valence-corrected chi connectivity index (χ2v) is 4.11. The third-order valence-electron chi connectivity index (χ3n) is 2.13. The maximum atomic E-state index is 11.0. The molecule has 1 aromatic rings. The van der Waals surface area contributed by atoms with Gasteiger partial charge in [-0.3, -0.25) is 4.79 Å². The molecule has 0 bridgehead atoms. The minimum absolute atomic E-state index is 0.0467. The van der Waals surface area contributed by atoms with Gasteiger partial charge in [-0.1, -0.05) is 0 Å². The number of H-pyrrole nitrogens is 1. The topological polar surface area (TPSA) is 48.1 Å². The molecule has 0 aliphatic rings. The maximum absolute atomic E-state index is 11.0. The minimum atomic E-state index is -0.0467. The van der Waals surface area contributed by atoms with Crippen molar-refractivity contribution in [3.05, 3.63) is 34.2 Å². The highest BCUT2D eigenvalue weighted by atomic mass is 16.1. The van der Waals surface area contributed by atoms with Crippen molar-refractivity contribution in [2.75, 3.05) is 20.6 Å². The summed E-state index contributed by atoms with van der Waals surface area (Å²) in [4.78, 5) is 15.8. The number of hydrogen-bond acceptors (Lipinski definition) is 3. The van der Waals surface area contributed by atoms with Gasteiger partial charge >= 0.3 is 0 Å². The second-order valence-electron chi connectivity index (χ2n) is 4.11. The molecule has 0 fully saturated rings. The molecule has 1 atom stereocenters. The van der Waals surface area contributed by atoms with E-state index in [1.807, 2.05) is 20.2 Å². The first kappa shape index (κ1) is 11.9. The van der Waals surface area contributed by atoms with E-state index in [0.29, 0.717) is 6.04 Å². The summed E-state index contributed by atoms with van der Waals surface area (Å²) in [5.74, 6) is 0.